The molecule has 1 atom stereocenters. The quantitative estimate of drug-likeness (QED) is 0.584. The van der Waals surface area contributed by atoms with Crippen molar-refractivity contribution in [3.8, 4) is 0 Å². The molecule has 2 aliphatic rings. The van der Waals surface area contributed by atoms with E-state index in [1.807, 2.05) is 63.5 Å². The molecule has 1 spiro atoms. The van der Waals surface area contributed by atoms with Gasteiger partial charge in [-0.3, -0.25) is 14.4 Å². The SMILES string of the molecule is CCN(Cc1ccccc1)C(=O)c1cn2c(nc1=O)C1(CCN(C(=O)c3ccsc3)C1)CC2. The van der Waals surface area contributed by atoms with Crippen LogP contribution in [0.25, 0.3) is 0 Å². The van der Waals surface area contributed by atoms with Crippen LogP contribution in [0.1, 0.15) is 51.9 Å². The second-order valence-corrected chi connectivity index (χ2v) is 9.58. The number of rotatable bonds is 5. The molecule has 1 fully saturated rings. The van der Waals surface area contributed by atoms with Crippen molar-refractivity contribution in [3.05, 3.63) is 86.2 Å². The first-order valence-electron chi connectivity index (χ1n) is 11.3. The third-order valence-electron chi connectivity index (χ3n) is 6.83. The molecular weight excluding hydrogens is 436 g/mol. The number of hydrogen-bond acceptors (Lipinski definition) is 5. The van der Waals surface area contributed by atoms with E-state index in [2.05, 4.69) is 4.98 Å². The van der Waals surface area contributed by atoms with Gasteiger partial charge in [0.2, 0.25) is 0 Å². The van der Waals surface area contributed by atoms with Crippen molar-refractivity contribution in [1.29, 1.82) is 0 Å². The second-order valence-electron chi connectivity index (χ2n) is 8.80. The van der Waals surface area contributed by atoms with Gasteiger partial charge in [0.25, 0.3) is 17.4 Å². The van der Waals surface area contributed by atoms with Crippen molar-refractivity contribution >= 4 is 23.2 Å². The van der Waals surface area contributed by atoms with Crippen LogP contribution in [0.2, 0.25) is 0 Å². The number of aromatic nitrogens is 2. The van der Waals surface area contributed by atoms with Crippen molar-refractivity contribution in [2.75, 3.05) is 19.6 Å². The van der Waals surface area contributed by atoms with Gasteiger partial charge in [-0.2, -0.15) is 16.3 Å². The Hall–Kier alpha value is -3.26. The van der Waals surface area contributed by atoms with Crippen molar-refractivity contribution in [3.63, 3.8) is 0 Å². The summed E-state index contributed by atoms with van der Waals surface area (Å²) in [5, 5.41) is 3.77. The Kier molecular flexibility index (Phi) is 5.62. The topological polar surface area (TPSA) is 75.5 Å². The molecule has 1 saturated heterocycles. The number of hydrogen-bond donors (Lipinski definition) is 0. The van der Waals surface area contributed by atoms with E-state index < -0.39 is 5.56 Å². The minimum atomic E-state index is -0.485. The molecule has 3 aromatic rings. The highest BCUT2D eigenvalue weighted by atomic mass is 32.1. The van der Waals surface area contributed by atoms with Crippen molar-refractivity contribution < 1.29 is 9.59 Å². The molecule has 4 heterocycles. The normalized spacial score (nSPS) is 19.1. The number of carbonyl (C=O) groups is 2. The smallest absolute Gasteiger partial charge is 0.285 e. The van der Waals surface area contributed by atoms with Crippen LogP contribution < -0.4 is 5.56 Å². The van der Waals surface area contributed by atoms with E-state index in [-0.39, 0.29) is 22.8 Å². The van der Waals surface area contributed by atoms with E-state index in [0.29, 0.717) is 44.1 Å². The first-order chi connectivity index (χ1) is 16.0. The zero-order valence-corrected chi connectivity index (χ0v) is 19.4. The lowest BCUT2D eigenvalue weighted by Crippen LogP contribution is -2.37. The lowest BCUT2D eigenvalue weighted by molar-refractivity contribution is 0.0748. The van der Waals surface area contributed by atoms with E-state index in [1.54, 1.807) is 11.1 Å². The number of likely N-dealkylation sites (tertiary alicyclic amines) is 1. The van der Waals surface area contributed by atoms with Gasteiger partial charge in [0.15, 0.2) is 0 Å². The minimum absolute atomic E-state index is 0.0280. The Morgan fingerprint density at radius 3 is 2.67 bits per heavy atom. The van der Waals surface area contributed by atoms with E-state index in [9.17, 15) is 14.4 Å². The highest BCUT2D eigenvalue weighted by Gasteiger charge is 2.47. The summed E-state index contributed by atoms with van der Waals surface area (Å²) in [7, 11) is 0. The molecule has 5 rings (SSSR count). The summed E-state index contributed by atoms with van der Waals surface area (Å²) in [6, 6.07) is 11.6. The molecule has 2 aliphatic heterocycles. The lowest BCUT2D eigenvalue weighted by Gasteiger charge is -2.24. The molecule has 170 valence electrons. The molecule has 1 unspecified atom stereocenters. The molecule has 1 aromatic carbocycles. The Balaban J connectivity index is 1.38. The Morgan fingerprint density at radius 1 is 1.15 bits per heavy atom. The molecule has 7 nitrogen and oxygen atoms in total. The number of aryl methyl sites for hydroxylation is 1. The van der Waals surface area contributed by atoms with Gasteiger partial charge < -0.3 is 14.4 Å². The molecular formula is C25H26N4O3S. The van der Waals surface area contributed by atoms with E-state index in [1.165, 1.54) is 11.3 Å². The number of fused-ring (bicyclic) bond motifs is 2. The molecule has 0 radical (unpaired) electrons. The van der Waals surface area contributed by atoms with Crippen LogP contribution in [-0.2, 0) is 18.5 Å². The molecule has 33 heavy (non-hydrogen) atoms. The summed E-state index contributed by atoms with van der Waals surface area (Å²) >= 11 is 1.51. The van der Waals surface area contributed by atoms with Crippen LogP contribution in [0.5, 0.6) is 0 Å². The van der Waals surface area contributed by atoms with Crippen molar-refractivity contribution in [2.24, 2.45) is 0 Å². The van der Waals surface area contributed by atoms with E-state index >= 15 is 0 Å². The summed E-state index contributed by atoms with van der Waals surface area (Å²) in [4.78, 5) is 47.0. The monoisotopic (exact) mass is 462 g/mol. The molecule has 2 amide bonds. The Bertz CT molecular complexity index is 1240. The molecule has 8 heteroatoms. The Labute approximate surface area is 196 Å². The third-order valence-corrected chi connectivity index (χ3v) is 7.51. The summed E-state index contributed by atoms with van der Waals surface area (Å²) in [6.45, 7) is 4.74. The predicted molar refractivity (Wildman–Crippen MR) is 126 cm³/mol. The molecule has 0 N–H and O–H groups in total. The number of nitrogens with zero attached hydrogens (tertiary/aromatic N) is 4. The van der Waals surface area contributed by atoms with Crippen LogP contribution >= 0.6 is 11.3 Å². The summed E-state index contributed by atoms with van der Waals surface area (Å²) < 4.78 is 1.95. The van der Waals surface area contributed by atoms with Gasteiger partial charge in [-0.05, 0) is 36.8 Å². The van der Waals surface area contributed by atoms with Crippen LogP contribution in [-0.4, -0.2) is 50.8 Å². The standard InChI is InChI=1S/C25H26N4O3S/c1-2-27(14-18-6-4-3-5-7-18)23(32)20-15-28-11-9-25(24(28)26-21(20)30)10-12-29(17-25)22(31)19-8-13-33-16-19/h3-8,13,15-16H,2,9-12,14,17H2,1H3. The van der Waals surface area contributed by atoms with Crippen LogP contribution in [0.15, 0.2) is 58.1 Å². The summed E-state index contributed by atoms with van der Waals surface area (Å²) in [6.07, 6.45) is 3.27. The van der Waals surface area contributed by atoms with Gasteiger partial charge in [0.05, 0.1) is 5.56 Å². The summed E-state index contributed by atoms with van der Waals surface area (Å²) in [5.41, 5.74) is 1.03. The lowest BCUT2D eigenvalue weighted by atomic mass is 9.85. The maximum Gasteiger partial charge on any atom is 0.285 e. The average molecular weight is 463 g/mol. The van der Waals surface area contributed by atoms with Gasteiger partial charge >= 0.3 is 0 Å². The van der Waals surface area contributed by atoms with Gasteiger partial charge in [-0.15, -0.1) is 0 Å². The number of thiophene rings is 1. The second kappa shape index (κ2) is 8.59. The number of amides is 2. The molecule has 0 aliphatic carbocycles. The first-order valence-corrected chi connectivity index (χ1v) is 12.2. The molecule has 0 bridgehead atoms. The fraction of sp³-hybridized carbons (Fsp3) is 0.360. The maximum atomic E-state index is 13.2. The first kappa shape index (κ1) is 21.6. The van der Waals surface area contributed by atoms with E-state index in [0.717, 1.165) is 18.4 Å². The van der Waals surface area contributed by atoms with Gasteiger partial charge in [-0.25, -0.2) is 0 Å². The predicted octanol–water partition coefficient (Wildman–Crippen LogP) is 3.15. The van der Waals surface area contributed by atoms with Crippen LogP contribution in [0.4, 0.5) is 0 Å². The van der Waals surface area contributed by atoms with E-state index in [4.69, 9.17) is 0 Å². The van der Waals surface area contributed by atoms with Crippen molar-refractivity contribution in [1.82, 2.24) is 19.4 Å². The average Bonchev–Trinajstić information content (AvgIpc) is 3.59. The maximum absolute atomic E-state index is 13.2. The van der Waals surface area contributed by atoms with Gasteiger partial charge in [0, 0.05) is 49.7 Å². The fourth-order valence-corrected chi connectivity index (χ4v) is 5.61. The highest BCUT2D eigenvalue weighted by Crippen LogP contribution is 2.41. The van der Waals surface area contributed by atoms with Gasteiger partial charge in [0.1, 0.15) is 11.4 Å². The third kappa shape index (κ3) is 3.88. The van der Waals surface area contributed by atoms with Crippen molar-refractivity contribution in [2.45, 2.75) is 38.3 Å². The Morgan fingerprint density at radius 2 is 1.94 bits per heavy atom. The molecule has 0 saturated carbocycles. The fourth-order valence-electron chi connectivity index (χ4n) is 4.98. The number of carbonyl (C=O) groups excluding carboxylic acids is 2. The van der Waals surface area contributed by atoms with Gasteiger partial charge in [-0.1, -0.05) is 30.3 Å². The number of benzene rings is 1. The largest absolute Gasteiger partial charge is 0.338 e. The molecule has 2 aromatic heterocycles. The zero-order chi connectivity index (χ0) is 23.0. The zero-order valence-electron chi connectivity index (χ0n) is 18.6. The van der Waals surface area contributed by atoms with Crippen LogP contribution in [0, 0.1) is 0 Å². The highest BCUT2D eigenvalue weighted by molar-refractivity contribution is 7.08. The summed E-state index contributed by atoms with van der Waals surface area (Å²) in [5.74, 6) is 0.437. The van der Waals surface area contributed by atoms with Crippen LogP contribution in [0.3, 0.4) is 0 Å². The minimum Gasteiger partial charge on any atom is -0.338 e.